The number of rotatable bonds is 2. The Labute approximate surface area is 101 Å². The molecule has 88 valence electrons. The average Bonchev–Trinajstić information content (AvgIpc) is 2.30. The molecule has 0 spiro atoms. The molecule has 0 aliphatic heterocycles. The Kier molecular flexibility index (Phi) is 2.77. The normalized spacial score (nSPS) is 11.4. The lowest BCUT2D eigenvalue weighted by Crippen LogP contribution is -2.34. The lowest BCUT2D eigenvalue weighted by Gasteiger charge is -2.26. The van der Waals surface area contributed by atoms with E-state index >= 15 is 0 Å². The lowest BCUT2D eigenvalue weighted by molar-refractivity contribution is 0.603. The highest BCUT2D eigenvalue weighted by atomic mass is 14.7. The van der Waals surface area contributed by atoms with Crippen LogP contribution in [0.5, 0.6) is 0 Å². The van der Waals surface area contributed by atoms with E-state index < -0.39 is 5.54 Å². The Morgan fingerprint density at radius 3 is 1.29 bits per heavy atom. The molecule has 0 aliphatic carbocycles. The van der Waals surface area contributed by atoms with Crippen LogP contribution in [-0.2, 0) is 5.54 Å². The summed E-state index contributed by atoms with van der Waals surface area (Å²) in [7, 11) is 0. The van der Waals surface area contributed by atoms with Gasteiger partial charge in [-0.25, -0.2) is 0 Å². The van der Waals surface area contributed by atoms with E-state index in [1.807, 2.05) is 55.5 Å². The van der Waals surface area contributed by atoms with Crippen LogP contribution in [0.25, 0.3) is 0 Å². The Morgan fingerprint density at radius 2 is 1.00 bits per heavy atom. The third-order valence-electron chi connectivity index (χ3n) is 3.02. The topological polar surface area (TPSA) is 78.1 Å². The highest BCUT2D eigenvalue weighted by Gasteiger charge is 2.23. The number of nitrogens with two attached hydrogens (primary N) is 3. The van der Waals surface area contributed by atoms with Gasteiger partial charge in [0.2, 0.25) is 0 Å². The van der Waals surface area contributed by atoms with E-state index in [4.69, 9.17) is 17.2 Å². The first kappa shape index (κ1) is 11.5. The molecule has 3 nitrogen and oxygen atoms in total. The first-order chi connectivity index (χ1) is 8.00. The summed E-state index contributed by atoms with van der Waals surface area (Å²) in [6, 6.07) is 15.2. The molecule has 0 radical (unpaired) electrons. The van der Waals surface area contributed by atoms with Crippen LogP contribution in [0, 0.1) is 0 Å². The van der Waals surface area contributed by atoms with Gasteiger partial charge in [-0.05, 0) is 42.3 Å². The third kappa shape index (κ3) is 2.24. The SMILES string of the molecule is CC(N)(c1ccc(N)cc1)c1ccc(N)cc1. The average molecular weight is 227 g/mol. The van der Waals surface area contributed by atoms with Crippen molar-refractivity contribution in [2.24, 2.45) is 5.73 Å². The standard InChI is InChI=1S/C14H17N3/c1-14(17,10-2-6-12(15)7-3-10)11-4-8-13(16)9-5-11/h2-9H,15-17H2,1H3. The van der Waals surface area contributed by atoms with E-state index in [1.54, 1.807) is 0 Å². The molecule has 0 aromatic heterocycles. The van der Waals surface area contributed by atoms with E-state index in [1.165, 1.54) is 0 Å². The van der Waals surface area contributed by atoms with Crippen LogP contribution in [0.4, 0.5) is 11.4 Å². The van der Waals surface area contributed by atoms with Gasteiger partial charge in [-0.1, -0.05) is 24.3 Å². The molecule has 17 heavy (non-hydrogen) atoms. The van der Waals surface area contributed by atoms with Crippen LogP contribution >= 0.6 is 0 Å². The Bertz CT molecular complexity index is 450. The summed E-state index contributed by atoms with van der Waals surface area (Å²) in [6.45, 7) is 1.98. The maximum atomic E-state index is 6.38. The molecule has 0 fully saturated rings. The Balaban J connectivity index is 2.41. The van der Waals surface area contributed by atoms with Crippen LogP contribution in [0.3, 0.4) is 0 Å². The summed E-state index contributed by atoms with van der Waals surface area (Å²) < 4.78 is 0. The minimum absolute atomic E-state index is 0.540. The lowest BCUT2D eigenvalue weighted by atomic mass is 9.85. The maximum Gasteiger partial charge on any atom is 0.0636 e. The molecule has 3 heteroatoms. The first-order valence-corrected chi connectivity index (χ1v) is 5.51. The van der Waals surface area contributed by atoms with Gasteiger partial charge in [0, 0.05) is 11.4 Å². The Hall–Kier alpha value is -2.00. The molecule has 0 saturated heterocycles. The fraction of sp³-hybridized carbons (Fsp3) is 0.143. The monoisotopic (exact) mass is 227 g/mol. The van der Waals surface area contributed by atoms with Crippen molar-refractivity contribution in [3.8, 4) is 0 Å². The van der Waals surface area contributed by atoms with Crippen LogP contribution in [0.1, 0.15) is 18.1 Å². The van der Waals surface area contributed by atoms with Gasteiger partial charge >= 0.3 is 0 Å². The molecule has 0 amide bonds. The zero-order valence-corrected chi connectivity index (χ0v) is 9.85. The second-order valence-electron chi connectivity index (χ2n) is 4.45. The highest BCUT2D eigenvalue weighted by Crippen LogP contribution is 2.27. The zero-order chi connectivity index (χ0) is 12.5. The molecule has 2 aromatic carbocycles. The van der Waals surface area contributed by atoms with Gasteiger partial charge in [0.1, 0.15) is 0 Å². The minimum Gasteiger partial charge on any atom is -0.399 e. The van der Waals surface area contributed by atoms with Gasteiger partial charge in [-0.2, -0.15) is 0 Å². The van der Waals surface area contributed by atoms with Gasteiger partial charge in [0.15, 0.2) is 0 Å². The fourth-order valence-corrected chi connectivity index (χ4v) is 1.83. The molecule has 6 N–H and O–H groups in total. The van der Waals surface area contributed by atoms with E-state index in [0.29, 0.717) is 0 Å². The van der Waals surface area contributed by atoms with Crippen molar-refractivity contribution in [1.82, 2.24) is 0 Å². The molecule has 0 bridgehead atoms. The number of hydrogen-bond acceptors (Lipinski definition) is 3. The van der Waals surface area contributed by atoms with Gasteiger partial charge in [-0.3, -0.25) is 0 Å². The smallest absolute Gasteiger partial charge is 0.0636 e. The molecule has 0 heterocycles. The number of hydrogen-bond donors (Lipinski definition) is 3. The summed E-state index contributed by atoms with van der Waals surface area (Å²) >= 11 is 0. The van der Waals surface area contributed by atoms with Crippen molar-refractivity contribution in [2.45, 2.75) is 12.5 Å². The predicted octanol–water partition coefficient (Wildman–Crippen LogP) is 2.07. The van der Waals surface area contributed by atoms with Crippen molar-refractivity contribution in [2.75, 3.05) is 11.5 Å². The molecule has 0 unspecified atom stereocenters. The second-order valence-corrected chi connectivity index (χ2v) is 4.45. The van der Waals surface area contributed by atoms with Gasteiger partial charge in [0.05, 0.1) is 5.54 Å². The molecular weight excluding hydrogens is 210 g/mol. The molecule has 0 atom stereocenters. The number of anilines is 2. The van der Waals surface area contributed by atoms with Crippen molar-refractivity contribution < 1.29 is 0 Å². The molecule has 0 saturated carbocycles. The van der Waals surface area contributed by atoms with Gasteiger partial charge in [-0.15, -0.1) is 0 Å². The molecule has 2 rings (SSSR count). The van der Waals surface area contributed by atoms with E-state index in [0.717, 1.165) is 22.5 Å². The predicted molar refractivity (Wildman–Crippen MR) is 72.4 cm³/mol. The van der Waals surface area contributed by atoms with E-state index in [9.17, 15) is 0 Å². The summed E-state index contributed by atoms with van der Waals surface area (Å²) in [5, 5.41) is 0. The Morgan fingerprint density at radius 1 is 0.706 bits per heavy atom. The number of nitrogen functional groups attached to an aromatic ring is 2. The van der Waals surface area contributed by atoms with Crippen molar-refractivity contribution in [3.63, 3.8) is 0 Å². The van der Waals surface area contributed by atoms with Crippen molar-refractivity contribution in [3.05, 3.63) is 59.7 Å². The molecular formula is C14H17N3. The van der Waals surface area contributed by atoms with Crippen LogP contribution in [0.15, 0.2) is 48.5 Å². The number of benzene rings is 2. The van der Waals surface area contributed by atoms with E-state index in [-0.39, 0.29) is 0 Å². The summed E-state index contributed by atoms with van der Waals surface area (Å²) in [4.78, 5) is 0. The highest BCUT2D eigenvalue weighted by molar-refractivity contribution is 5.47. The molecule has 0 aliphatic rings. The van der Waals surface area contributed by atoms with E-state index in [2.05, 4.69) is 0 Å². The van der Waals surface area contributed by atoms with Crippen LogP contribution in [0.2, 0.25) is 0 Å². The first-order valence-electron chi connectivity index (χ1n) is 5.51. The molecule has 2 aromatic rings. The summed E-state index contributed by atoms with van der Waals surface area (Å²) in [5.74, 6) is 0. The zero-order valence-electron chi connectivity index (χ0n) is 9.85. The van der Waals surface area contributed by atoms with Gasteiger partial charge < -0.3 is 17.2 Å². The summed E-state index contributed by atoms with van der Waals surface area (Å²) in [6.07, 6.45) is 0. The second kappa shape index (κ2) is 4.11. The van der Waals surface area contributed by atoms with Gasteiger partial charge in [0.25, 0.3) is 0 Å². The minimum atomic E-state index is -0.540. The third-order valence-corrected chi connectivity index (χ3v) is 3.02. The summed E-state index contributed by atoms with van der Waals surface area (Å²) in [5.41, 5.74) is 20.7. The van der Waals surface area contributed by atoms with Crippen molar-refractivity contribution >= 4 is 11.4 Å². The van der Waals surface area contributed by atoms with Crippen molar-refractivity contribution in [1.29, 1.82) is 0 Å². The van der Waals surface area contributed by atoms with Crippen LogP contribution in [-0.4, -0.2) is 0 Å². The largest absolute Gasteiger partial charge is 0.399 e. The fourth-order valence-electron chi connectivity index (χ4n) is 1.83. The quantitative estimate of drug-likeness (QED) is 0.687. The van der Waals surface area contributed by atoms with Crippen LogP contribution < -0.4 is 17.2 Å². The maximum absolute atomic E-state index is 6.38.